The van der Waals surface area contributed by atoms with Gasteiger partial charge in [-0.25, -0.2) is 4.79 Å². The third-order valence-electron chi connectivity index (χ3n) is 6.91. The Kier molecular flexibility index (Phi) is 8.25. The highest BCUT2D eigenvalue weighted by atomic mass is 16.8. The number of fused-ring (bicyclic) bond motifs is 1. The number of carbonyl (C=O) groups excluding carboxylic acids is 1. The lowest BCUT2D eigenvalue weighted by molar-refractivity contribution is -0.458. The minimum atomic E-state index is -4.30. The van der Waals surface area contributed by atoms with Crippen molar-refractivity contribution in [2.45, 2.75) is 35.4 Å². The molecular weight excluding hydrogens is 552 g/mol. The highest BCUT2D eigenvalue weighted by Gasteiger charge is 2.91. The number of ether oxygens (including phenoxy) is 2. The van der Waals surface area contributed by atoms with Crippen molar-refractivity contribution in [2.24, 2.45) is 7.05 Å². The Bertz CT molecular complexity index is 1430. The number of nitrogens with zero attached hydrogens (tertiary/aromatic N) is 1. The highest BCUT2D eigenvalue weighted by Crippen LogP contribution is 2.53. The summed E-state index contributed by atoms with van der Waals surface area (Å²) in [4.78, 5) is 21.8. The molecule has 0 unspecified atom stereocenters. The van der Waals surface area contributed by atoms with Crippen LogP contribution in [0.4, 0.5) is 5.69 Å². The van der Waals surface area contributed by atoms with E-state index in [0.717, 1.165) is 27.7 Å². The summed E-state index contributed by atoms with van der Waals surface area (Å²) < 4.78 is 11.3. The molecule has 1 aromatic heterocycles. The van der Waals surface area contributed by atoms with E-state index < -0.39 is 34.9 Å². The molecule has 16 nitrogen and oxygen atoms in total. The lowest BCUT2D eigenvalue weighted by atomic mass is 10.0. The van der Waals surface area contributed by atoms with Crippen LogP contribution in [0.25, 0.3) is 10.9 Å². The Labute approximate surface area is 231 Å². The number of benzene rings is 2. The molecule has 1 fully saturated rings. The Morgan fingerprint density at radius 1 is 0.878 bits per heavy atom. The van der Waals surface area contributed by atoms with E-state index in [9.17, 15) is 14.7 Å². The van der Waals surface area contributed by atoms with Gasteiger partial charge in [0.05, 0.1) is 12.7 Å². The molecule has 1 aliphatic rings. The van der Waals surface area contributed by atoms with Gasteiger partial charge in [-0.05, 0) is 41.5 Å². The highest BCUT2D eigenvalue weighted by molar-refractivity contribution is 5.90. The number of carboxylic acids is 1. The van der Waals surface area contributed by atoms with Crippen LogP contribution in [0, 0.1) is 0 Å². The average molecular weight is 583 g/mol. The van der Waals surface area contributed by atoms with Gasteiger partial charge in [0.1, 0.15) is 5.75 Å². The maximum atomic E-state index is 11.1. The van der Waals surface area contributed by atoms with E-state index in [4.69, 9.17) is 50.7 Å². The van der Waals surface area contributed by atoms with Gasteiger partial charge in [-0.15, -0.1) is 0 Å². The number of aromatic carboxylic acids is 1. The van der Waals surface area contributed by atoms with Gasteiger partial charge in [0.2, 0.25) is 6.41 Å². The van der Waals surface area contributed by atoms with E-state index >= 15 is 0 Å². The Morgan fingerprint density at radius 3 is 1.93 bits per heavy atom. The number of amides is 1. The topological polar surface area (TPSA) is 272 Å². The minimum Gasteiger partial charge on any atom is -0.496 e. The number of aromatic nitrogens is 1. The standard InChI is InChI=1S/C19H18N2O4.C6H12O10/c1-21-10-14(16-9-15(20-11-22)5-6-17(16)21)7-12-3-4-13(19(23)24)8-18(12)25-2;1-16-6(15)4(11,12)2(7,8)3(9,10)5(6,13)14/h3-6,8-11H,7H2,1-2H3,(H,20,22)(H,23,24);7-15H,1H3. The molecule has 0 radical (unpaired) electrons. The van der Waals surface area contributed by atoms with Gasteiger partial charge in [-0.1, -0.05) is 6.07 Å². The van der Waals surface area contributed by atoms with Gasteiger partial charge in [-0.3, -0.25) is 4.79 Å². The molecule has 2 aromatic carbocycles. The number of aliphatic hydroxyl groups is 9. The lowest BCUT2D eigenvalue weighted by Crippen LogP contribution is -2.67. The second kappa shape index (κ2) is 10.6. The Hall–Kier alpha value is -3.68. The largest absolute Gasteiger partial charge is 0.496 e. The third-order valence-corrected chi connectivity index (χ3v) is 6.91. The van der Waals surface area contributed by atoms with Crippen LogP contribution in [0.5, 0.6) is 5.75 Å². The van der Waals surface area contributed by atoms with Gasteiger partial charge < -0.3 is 70.4 Å². The molecule has 0 aliphatic heterocycles. The molecule has 0 saturated heterocycles. The van der Waals surface area contributed by atoms with Crippen LogP contribution >= 0.6 is 0 Å². The van der Waals surface area contributed by atoms with Crippen molar-refractivity contribution in [3.63, 3.8) is 0 Å². The molecule has 224 valence electrons. The average Bonchev–Trinajstić information content (AvgIpc) is 3.24. The summed E-state index contributed by atoms with van der Waals surface area (Å²) in [6.07, 6.45) is 3.27. The van der Waals surface area contributed by atoms with Crippen molar-refractivity contribution in [3.05, 3.63) is 59.3 Å². The predicted molar refractivity (Wildman–Crippen MR) is 136 cm³/mol. The first kappa shape index (κ1) is 31.8. The second-order valence-corrected chi connectivity index (χ2v) is 9.30. The van der Waals surface area contributed by atoms with E-state index in [1.807, 2.05) is 36.0 Å². The van der Waals surface area contributed by atoms with Crippen LogP contribution in [-0.4, -0.2) is 111 Å². The molecule has 11 N–H and O–H groups in total. The normalized spacial score (nSPS) is 19.2. The van der Waals surface area contributed by atoms with Crippen molar-refractivity contribution >= 4 is 29.0 Å². The van der Waals surface area contributed by atoms with Crippen molar-refractivity contribution in [3.8, 4) is 5.75 Å². The quantitative estimate of drug-likeness (QED) is 0.0986. The summed E-state index contributed by atoms with van der Waals surface area (Å²) in [5, 5.41) is 95.0. The summed E-state index contributed by atoms with van der Waals surface area (Å²) >= 11 is 0. The van der Waals surface area contributed by atoms with E-state index in [1.165, 1.54) is 13.2 Å². The zero-order chi connectivity index (χ0) is 31.2. The van der Waals surface area contributed by atoms with Crippen molar-refractivity contribution < 1.29 is 70.1 Å². The van der Waals surface area contributed by atoms with Gasteiger partial charge in [-0.2, -0.15) is 0 Å². The van der Waals surface area contributed by atoms with Gasteiger partial charge in [0.15, 0.2) is 0 Å². The molecular formula is C25H30N2O14. The van der Waals surface area contributed by atoms with Crippen LogP contribution < -0.4 is 10.1 Å². The molecule has 1 heterocycles. The molecule has 0 spiro atoms. The molecule has 0 bridgehead atoms. The van der Waals surface area contributed by atoms with Crippen LogP contribution in [0.15, 0.2) is 42.6 Å². The SMILES string of the molecule is COC1(O)C(O)(O)C(O)(O)C(O)(O)C1(O)O.COc1cc(C(=O)O)ccc1Cc1cn(C)c2ccc(NC=O)cc12. The molecule has 1 saturated carbocycles. The van der Waals surface area contributed by atoms with Crippen molar-refractivity contribution in [1.82, 2.24) is 4.57 Å². The van der Waals surface area contributed by atoms with E-state index in [0.29, 0.717) is 25.7 Å². The maximum absolute atomic E-state index is 11.1. The number of hydrogen-bond donors (Lipinski definition) is 11. The molecule has 0 atom stereocenters. The minimum absolute atomic E-state index is 0.191. The van der Waals surface area contributed by atoms with Gasteiger partial charge >= 0.3 is 5.97 Å². The molecule has 4 rings (SSSR count). The first-order chi connectivity index (χ1) is 18.8. The van der Waals surface area contributed by atoms with Crippen LogP contribution in [0.2, 0.25) is 0 Å². The number of anilines is 1. The molecule has 1 aliphatic carbocycles. The summed E-state index contributed by atoms with van der Waals surface area (Å²) in [6, 6.07) is 10.6. The number of hydrogen-bond acceptors (Lipinski definition) is 13. The first-order valence-electron chi connectivity index (χ1n) is 11.6. The van der Waals surface area contributed by atoms with E-state index in [-0.39, 0.29) is 5.56 Å². The lowest BCUT2D eigenvalue weighted by Gasteiger charge is -2.37. The molecule has 16 heteroatoms. The monoisotopic (exact) mass is 582 g/mol. The summed E-state index contributed by atoms with van der Waals surface area (Å²) in [6.45, 7) is 0. The number of nitrogens with one attached hydrogen (secondary N) is 1. The molecule has 41 heavy (non-hydrogen) atoms. The maximum Gasteiger partial charge on any atom is 0.335 e. The fraction of sp³-hybridized carbons (Fsp3) is 0.360. The number of methoxy groups -OCH3 is 2. The van der Waals surface area contributed by atoms with Crippen LogP contribution in [0.3, 0.4) is 0 Å². The van der Waals surface area contributed by atoms with Gasteiger partial charge in [0.25, 0.3) is 28.9 Å². The Balaban J connectivity index is 0.000000250. The summed E-state index contributed by atoms with van der Waals surface area (Å²) in [7, 11) is 4.02. The fourth-order valence-electron chi connectivity index (χ4n) is 4.49. The van der Waals surface area contributed by atoms with E-state index in [1.54, 1.807) is 12.1 Å². The van der Waals surface area contributed by atoms with Crippen LogP contribution in [-0.2, 0) is 23.0 Å². The molecule has 1 amide bonds. The van der Waals surface area contributed by atoms with E-state index in [2.05, 4.69) is 10.1 Å². The zero-order valence-corrected chi connectivity index (χ0v) is 21.9. The smallest absolute Gasteiger partial charge is 0.335 e. The van der Waals surface area contributed by atoms with Gasteiger partial charge in [0, 0.05) is 43.4 Å². The number of rotatable bonds is 7. The molecule has 3 aromatic rings. The second-order valence-electron chi connectivity index (χ2n) is 9.30. The number of carbonyl (C=O) groups is 2. The fourth-order valence-corrected chi connectivity index (χ4v) is 4.49. The van der Waals surface area contributed by atoms with Crippen LogP contribution in [0.1, 0.15) is 21.5 Å². The first-order valence-corrected chi connectivity index (χ1v) is 11.6. The Morgan fingerprint density at radius 2 is 1.46 bits per heavy atom. The van der Waals surface area contributed by atoms with Crippen molar-refractivity contribution in [2.75, 3.05) is 19.5 Å². The summed E-state index contributed by atoms with van der Waals surface area (Å²) in [5.74, 6) is -21.3. The number of aryl methyl sites for hydroxylation is 1. The number of carboxylic acid groups (broad SMARTS) is 1. The predicted octanol–water partition coefficient (Wildman–Crippen LogP) is -2.90. The summed E-state index contributed by atoms with van der Waals surface area (Å²) in [5.41, 5.74) is 3.92. The zero-order valence-electron chi connectivity index (χ0n) is 21.9. The third kappa shape index (κ3) is 4.71. The van der Waals surface area contributed by atoms with Crippen molar-refractivity contribution in [1.29, 1.82) is 0 Å².